The Kier molecular flexibility index (Phi) is 3.52. The van der Waals surface area contributed by atoms with E-state index in [1.165, 1.54) is 16.9 Å². The second-order valence-electron chi connectivity index (χ2n) is 5.87. The zero-order valence-corrected chi connectivity index (χ0v) is 12.4. The summed E-state index contributed by atoms with van der Waals surface area (Å²) >= 11 is 0. The van der Waals surface area contributed by atoms with Crippen molar-refractivity contribution in [3.8, 4) is 0 Å². The molecule has 0 unspecified atom stereocenters. The summed E-state index contributed by atoms with van der Waals surface area (Å²) in [6.07, 6.45) is 6.26. The van der Waals surface area contributed by atoms with Crippen LogP contribution in [0.1, 0.15) is 41.5 Å². The van der Waals surface area contributed by atoms with E-state index in [4.69, 9.17) is 0 Å². The summed E-state index contributed by atoms with van der Waals surface area (Å²) < 4.78 is 2.35. The Morgan fingerprint density at radius 1 is 1.18 bits per heavy atom. The highest BCUT2D eigenvalue weighted by atomic mass is 15.1. The monoisotopic (exact) mass is 232 g/mol. The number of hydrogen-bond acceptors (Lipinski definition) is 0. The van der Waals surface area contributed by atoms with Crippen LogP contribution >= 0.6 is 0 Å². The average Bonchev–Trinajstić information content (AvgIpc) is 2.25. The van der Waals surface area contributed by atoms with Crippen LogP contribution in [0.15, 0.2) is 36.0 Å². The fourth-order valence-electron chi connectivity index (χ4n) is 2.51. The minimum Gasteiger partial charge on any atom is -0.227 e. The molecule has 1 aliphatic heterocycles. The maximum Gasteiger partial charge on any atom is 0.206 e. The van der Waals surface area contributed by atoms with Crippen LogP contribution < -0.4 is 0 Å². The highest BCUT2D eigenvalue weighted by Crippen LogP contribution is 2.44. The molecule has 0 N–H and O–H groups in total. The summed E-state index contributed by atoms with van der Waals surface area (Å²) in [5.41, 5.74) is 4.21. The molecular formula is C16H26N+. The second-order valence-corrected chi connectivity index (χ2v) is 5.87. The van der Waals surface area contributed by atoms with Crippen LogP contribution in [0.2, 0.25) is 0 Å². The smallest absolute Gasteiger partial charge is 0.206 e. The maximum atomic E-state index is 3.97. The van der Waals surface area contributed by atoms with Gasteiger partial charge in [-0.25, -0.2) is 4.58 Å². The van der Waals surface area contributed by atoms with Crippen molar-refractivity contribution in [3.05, 3.63) is 36.0 Å². The lowest BCUT2D eigenvalue weighted by molar-refractivity contribution is -0.593. The molecule has 0 aromatic rings. The van der Waals surface area contributed by atoms with Gasteiger partial charge in [-0.2, -0.15) is 0 Å². The molecule has 0 aliphatic carbocycles. The Balaban J connectivity index is 3.64. The molecule has 0 bridgehead atoms. The molecule has 0 aromatic carbocycles. The van der Waals surface area contributed by atoms with E-state index in [2.05, 4.69) is 71.9 Å². The zero-order chi connectivity index (χ0) is 13.4. The Labute approximate surface area is 106 Å². The fourth-order valence-corrected chi connectivity index (χ4v) is 2.51. The van der Waals surface area contributed by atoms with Gasteiger partial charge in [-0.1, -0.05) is 18.7 Å². The molecule has 0 spiro atoms. The first-order chi connectivity index (χ1) is 7.71. The van der Waals surface area contributed by atoms with Gasteiger partial charge in [0.2, 0.25) is 5.71 Å². The van der Waals surface area contributed by atoms with Crippen LogP contribution in [0.4, 0.5) is 0 Å². The molecule has 1 rings (SSSR count). The predicted octanol–water partition coefficient (Wildman–Crippen LogP) is 3.97. The molecule has 94 valence electrons. The van der Waals surface area contributed by atoms with Crippen LogP contribution in [-0.2, 0) is 0 Å². The van der Waals surface area contributed by atoms with Crippen molar-refractivity contribution in [2.75, 3.05) is 7.05 Å². The minimum absolute atomic E-state index is 0.0890. The topological polar surface area (TPSA) is 3.01 Å². The van der Waals surface area contributed by atoms with Gasteiger partial charge in [-0.3, -0.25) is 0 Å². The molecule has 0 saturated heterocycles. The summed E-state index contributed by atoms with van der Waals surface area (Å²) in [5, 5.41) is 0. The van der Waals surface area contributed by atoms with Crippen molar-refractivity contribution in [1.82, 2.24) is 0 Å². The van der Waals surface area contributed by atoms with E-state index in [9.17, 15) is 0 Å². The standard InChI is InChI=1S/C16H26N/c1-9-11-13-12(3)15(4,5)16(6,7)17(8)14(13)10-2/h9-11H,2H2,1,3-8H3/q+1. The number of allylic oxidation sites excluding steroid dienone is 4. The molecule has 0 atom stereocenters. The van der Waals surface area contributed by atoms with Crippen LogP contribution in [0.5, 0.6) is 0 Å². The number of hydrogen-bond donors (Lipinski definition) is 0. The van der Waals surface area contributed by atoms with Gasteiger partial charge in [0.05, 0.1) is 5.41 Å². The van der Waals surface area contributed by atoms with Crippen molar-refractivity contribution in [3.63, 3.8) is 0 Å². The highest BCUT2D eigenvalue weighted by molar-refractivity contribution is 6.07. The van der Waals surface area contributed by atoms with Crippen molar-refractivity contribution < 1.29 is 4.58 Å². The first kappa shape index (κ1) is 14.0. The van der Waals surface area contributed by atoms with Crippen LogP contribution in [0.3, 0.4) is 0 Å². The predicted molar refractivity (Wildman–Crippen MR) is 76.8 cm³/mol. The van der Waals surface area contributed by atoms with E-state index in [0.29, 0.717) is 0 Å². The van der Waals surface area contributed by atoms with E-state index in [0.717, 1.165) is 0 Å². The van der Waals surface area contributed by atoms with E-state index in [-0.39, 0.29) is 11.0 Å². The van der Waals surface area contributed by atoms with E-state index in [1.54, 1.807) is 0 Å². The summed E-state index contributed by atoms with van der Waals surface area (Å²) in [7, 11) is 2.16. The molecule has 0 saturated carbocycles. The maximum absolute atomic E-state index is 3.97. The normalized spacial score (nSPS) is 23.5. The average molecular weight is 232 g/mol. The number of nitrogens with zero attached hydrogens (tertiary/aromatic N) is 1. The van der Waals surface area contributed by atoms with Gasteiger partial charge in [0.25, 0.3) is 0 Å². The quantitative estimate of drug-likeness (QED) is 0.634. The molecule has 1 heterocycles. The minimum atomic E-state index is 0.0890. The summed E-state index contributed by atoms with van der Waals surface area (Å²) in [5.74, 6) is 0. The van der Waals surface area contributed by atoms with Gasteiger partial charge in [0, 0.05) is 25.5 Å². The largest absolute Gasteiger partial charge is 0.227 e. The van der Waals surface area contributed by atoms with Gasteiger partial charge < -0.3 is 0 Å². The first-order valence-electron chi connectivity index (χ1n) is 6.29. The second kappa shape index (κ2) is 4.29. The Morgan fingerprint density at radius 2 is 1.71 bits per heavy atom. The SMILES string of the molecule is C=CC1=[N+](C)C(C)(C)C(C)(C)C(C)=C1C=CC. The third-order valence-electron chi connectivity index (χ3n) is 4.87. The molecular weight excluding hydrogens is 206 g/mol. The van der Waals surface area contributed by atoms with E-state index in [1.807, 2.05) is 6.08 Å². The van der Waals surface area contributed by atoms with E-state index >= 15 is 0 Å². The van der Waals surface area contributed by atoms with Gasteiger partial charge in [0.1, 0.15) is 7.05 Å². The third-order valence-corrected chi connectivity index (χ3v) is 4.87. The van der Waals surface area contributed by atoms with Gasteiger partial charge >= 0.3 is 0 Å². The molecule has 0 aromatic heterocycles. The highest BCUT2D eigenvalue weighted by Gasteiger charge is 2.50. The van der Waals surface area contributed by atoms with Crippen LogP contribution in [0.25, 0.3) is 0 Å². The van der Waals surface area contributed by atoms with Crippen molar-refractivity contribution in [1.29, 1.82) is 0 Å². The summed E-state index contributed by atoms with van der Waals surface area (Å²) in [6.45, 7) is 17.5. The van der Waals surface area contributed by atoms with Crippen molar-refractivity contribution >= 4 is 5.71 Å². The molecule has 0 fully saturated rings. The van der Waals surface area contributed by atoms with Crippen molar-refractivity contribution in [2.24, 2.45) is 5.41 Å². The summed E-state index contributed by atoms with van der Waals surface area (Å²) in [4.78, 5) is 0. The molecule has 1 nitrogen and oxygen atoms in total. The lowest BCUT2D eigenvalue weighted by Crippen LogP contribution is -2.53. The van der Waals surface area contributed by atoms with Crippen LogP contribution in [0, 0.1) is 5.41 Å². The van der Waals surface area contributed by atoms with Crippen LogP contribution in [-0.4, -0.2) is 22.9 Å². The Morgan fingerprint density at radius 3 is 2.12 bits per heavy atom. The van der Waals surface area contributed by atoms with E-state index < -0.39 is 0 Å². The van der Waals surface area contributed by atoms with Gasteiger partial charge in [-0.05, 0) is 33.3 Å². The zero-order valence-electron chi connectivity index (χ0n) is 12.4. The molecule has 1 aliphatic rings. The fraction of sp³-hybridized carbons (Fsp3) is 0.562. The lowest BCUT2D eigenvalue weighted by Gasteiger charge is -2.43. The molecule has 0 amide bonds. The Bertz CT molecular complexity index is 428. The van der Waals surface area contributed by atoms with Gasteiger partial charge in [-0.15, -0.1) is 0 Å². The molecule has 1 heteroatoms. The third kappa shape index (κ3) is 1.82. The molecule has 0 radical (unpaired) electrons. The summed E-state index contributed by atoms with van der Waals surface area (Å²) in [6, 6.07) is 0. The number of rotatable bonds is 2. The van der Waals surface area contributed by atoms with Crippen molar-refractivity contribution in [2.45, 2.75) is 47.1 Å². The first-order valence-corrected chi connectivity index (χ1v) is 6.29. The molecule has 17 heavy (non-hydrogen) atoms. The Hall–Kier alpha value is -1.11. The lowest BCUT2D eigenvalue weighted by atomic mass is 9.65. The van der Waals surface area contributed by atoms with Gasteiger partial charge in [0.15, 0.2) is 5.54 Å².